The van der Waals surface area contributed by atoms with E-state index in [1.807, 2.05) is 0 Å². The molecule has 0 aromatic rings. The first-order valence-corrected chi connectivity index (χ1v) is 6.16. The number of ether oxygens (including phenoxy) is 1. The van der Waals surface area contributed by atoms with Gasteiger partial charge in [0.2, 0.25) is 5.91 Å². The van der Waals surface area contributed by atoms with Crippen LogP contribution in [0.25, 0.3) is 0 Å². The fourth-order valence-electron chi connectivity index (χ4n) is 1.78. The van der Waals surface area contributed by atoms with E-state index in [1.54, 1.807) is 26.8 Å². The molecule has 0 saturated carbocycles. The van der Waals surface area contributed by atoms with Crippen LogP contribution in [0.5, 0.6) is 0 Å². The van der Waals surface area contributed by atoms with E-state index >= 15 is 0 Å². The molecule has 0 unspecified atom stereocenters. The first-order chi connectivity index (χ1) is 8.69. The standard InChI is InChI=1S/C13H20N2O4/c1-8(16)14-9-6-5-7-10(17)11(9)15-12(18)19-13(2,3)4/h5,7,9,11H,6H2,1-4H3,(H,14,16)(H,15,18)/t9-,11+/m0/s1. The molecule has 6 nitrogen and oxygen atoms in total. The number of nitrogens with one attached hydrogen (secondary N) is 2. The van der Waals surface area contributed by atoms with Gasteiger partial charge in [-0.3, -0.25) is 9.59 Å². The summed E-state index contributed by atoms with van der Waals surface area (Å²) in [5.74, 6) is -0.500. The molecule has 0 spiro atoms. The quantitative estimate of drug-likeness (QED) is 0.779. The first-order valence-electron chi connectivity index (χ1n) is 6.16. The summed E-state index contributed by atoms with van der Waals surface area (Å²) in [6, 6.07) is -1.23. The SMILES string of the molecule is CC(=O)N[C@H]1CC=CC(=O)[C@@H]1NC(=O)OC(C)(C)C. The van der Waals surface area contributed by atoms with Crippen molar-refractivity contribution in [1.29, 1.82) is 0 Å². The highest BCUT2D eigenvalue weighted by molar-refractivity contribution is 5.98. The second kappa shape index (κ2) is 5.86. The van der Waals surface area contributed by atoms with Crippen LogP contribution in [0.1, 0.15) is 34.1 Å². The van der Waals surface area contributed by atoms with Crippen molar-refractivity contribution in [3.63, 3.8) is 0 Å². The number of hydrogen-bond donors (Lipinski definition) is 2. The van der Waals surface area contributed by atoms with Gasteiger partial charge in [0.15, 0.2) is 5.78 Å². The molecule has 0 heterocycles. The van der Waals surface area contributed by atoms with E-state index in [0.717, 1.165) is 0 Å². The Morgan fingerprint density at radius 3 is 2.47 bits per heavy atom. The highest BCUT2D eigenvalue weighted by atomic mass is 16.6. The number of carbonyl (C=O) groups excluding carboxylic acids is 3. The second-order valence-corrected chi connectivity index (χ2v) is 5.47. The normalized spacial score (nSPS) is 22.8. The van der Waals surface area contributed by atoms with Gasteiger partial charge < -0.3 is 15.4 Å². The van der Waals surface area contributed by atoms with Gasteiger partial charge in [-0.2, -0.15) is 0 Å². The van der Waals surface area contributed by atoms with E-state index in [2.05, 4.69) is 10.6 Å². The van der Waals surface area contributed by atoms with Crippen LogP contribution >= 0.6 is 0 Å². The molecule has 2 atom stereocenters. The number of rotatable bonds is 2. The van der Waals surface area contributed by atoms with Crippen molar-refractivity contribution in [2.24, 2.45) is 0 Å². The number of alkyl carbamates (subject to hydrolysis) is 1. The van der Waals surface area contributed by atoms with E-state index < -0.39 is 23.8 Å². The van der Waals surface area contributed by atoms with E-state index in [9.17, 15) is 14.4 Å². The zero-order valence-corrected chi connectivity index (χ0v) is 11.6. The van der Waals surface area contributed by atoms with Gasteiger partial charge in [-0.1, -0.05) is 6.08 Å². The Hall–Kier alpha value is -1.85. The van der Waals surface area contributed by atoms with Crippen LogP contribution in [0.15, 0.2) is 12.2 Å². The zero-order chi connectivity index (χ0) is 14.6. The summed E-state index contributed by atoms with van der Waals surface area (Å²) >= 11 is 0. The fourth-order valence-corrected chi connectivity index (χ4v) is 1.78. The summed E-state index contributed by atoms with van der Waals surface area (Å²) in [6.45, 7) is 6.58. The molecule has 0 bridgehead atoms. The molecule has 0 aromatic heterocycles. The minimum atomic E-state index is -0.788. The summed E-state index contributed by atoms with van der Waals surface area (Å²) < 4.78 is 5.10. The molecule has 19 heavy (non-hydrogen) atoms. The van der Waals surface area contributed by atoms with Gasteiger partial charge in [0, 0.05) is 6.92 Å². The summed E-state index contributed by atoms with van der Waals surface area (Å²) in [5.41, 5.74) is -0.638. The van der Waals surface area contributed by atoms with E-state index in [4.69, 9.17) is 4.74 Å². The van der Waals surface area contributed by atoms with Crippen molar-refractivity contribution in [1.82, 2.24) is 10.6 Å². The molecule has 1 rings (SSSR count). The summed E-state index contributed by atoms with van der Waals surface area (Å²) in [5, 5.41) is 5.15. The molecule has 1 aliphatic rings. The van der Waals surface area contributed by atoms with Crippen LogP contribution < -0.4 is 10.6 Å². The molecule has 6 heteroatoms. The lowest BCUT2D eigenvalue weighted by Crippen LogP contribution is -2.56. The maximum Gasteiger partial charge on any atom is 0.408 e. The molecular formula is C13H20N2O4. The molecule has 0 aliphatic heterocycles. The zero-order valence-electron chi connectivity index (χ0n) is 11.6. The largest absolute Gasteiger partial charge is 0.444 e. The van der Waals surface area contributed by atoms with Crippen molar-refractivity contribution in [2.75, 3.05) is 0 Å². The fraction of sp³-hybridized carbons (Fsp3) is 0.615. The third-order valence-corrected chi connectivity index (χ3v) is 2.44. The predicted molar refractivity (Wildman–Crippen MR) is 69.5 cm³/mol. The lowest BCUT2D eigenvalue weighted by atomic mass is 9.95. The minimum Gasteiger partial charge on any atom is -0.444 e. The van der Waals surface area contributed by atoms with Gasteiger partial charge in [-0.25, -0.2) is 4.79 Å². The number of carbonyl (C=O) groups is 3. The van der Waals surface area contributed by atoms with Crippen LogP contribution in [0.3, 0.4) is 0 Å². The number of ketones is 1. The van der Waals surface area contributed by atoms with Crippen molar-refractivity contribution < 1.29 is 19.1 Å². The average Bonchev–Trinajstić information content (AvgIpc) is 2.19. The Morgan fingerprint density at radius 1 is 1.32 bits per heavy atom. The maximum atomic E-state index is 11.8. The molecule has 0 fully saturated rings. The molecule has 2 N–H and O–H groups in total. The van der Waals surface area contributed by atoms with Crippen molar-refractivity contribution in [2.45, 2.75) is 51.8 Å². The van der Waals surface area contributed by atoms with Crippen molar-refractivity contribution >= 4 is 17.8 Å². The molecule has 1 aliphatic carbocycles. The lowest BCUT2D eigenvalue weighted by Gasteiger charge is -2.29. The smallest absolute Gasteiger partial charge is 0.408 e. The Balaban J connectivity index is 2.71. The van der Waals surface area contributed by atoms with Gasteiger partial charge in [0.05, 0.1) is 6.04 Å². The van der Waals surface area contributed by atoms with Crippen LogP contribution in [-0.2, 0) is 14.3 Å². The maximum absolute atomic E-state index is 11.8. The monoisotopic (exact) mass is 268 g/mol. The third kappa shape index (κ3) is 5.11. The van der Waals surface area contributed by atoms with Gasteiger partial charge in [0.25, 0.3) is 0 Å². The topological polar surface area (TPSA) is 84.5 Å². The average molecular weight is 268 g/mol. The van der Waals surface area contributed by atoms with Crippen LogP contribution in [0.2, 0.25) is 0 Å². The summed E-state index contributed by atoms with van der Waals surface area (Å²) in [7, 11) is 0. The lowest BCUT2D eigenvalue weighted by molar-refractivity contribution is -0.121. The van der Waals surface area contributed by atoms with Gasteiger partial charge in [-0.15, -0.1) is 0 Å². The van der Waals surface area contributed by atoms with E-state index in [-0.39, 0.29) is 11.7 Å². The van der Waals surface area contributed by atoms with Crippen LogP contribution in [0, 0.1) is 0 Å². The Kier molecular flexibility index (Phi) is 4.69. The number of amides is 2. The highest BCUT2D eigenvalue weighted by Crippen LogP contribution is 2.12. The van der Waals surface area contributed by atoms with Crippen molar-refractivity contribution in [3.05, 3.63) is 12.2 Å². The minimum absolute atomic E-state index is 0.246. The first kappa shape index (κ1) is 15.2. The van der Waals surface area contributed by atoms with Crippen molar-refractivity contribution in [3.8, 4) is 0 Å². The molecule has 0 radical (unpaired) electrons. The number of hydrogen-bond acceptors (Lipinski definition) is 4. The van der Waals surface area contributed by atoms with Crippen LogP contribution in [-0.4, -0.2) is 35.5 Å². The second-order valence-electron chi connectivity index (χ2n) is 5.47. The van der Waals surface area contributed by atoms with Gasteiger partial charge >= 0.3 is 6.09 Å². The predicted octanol–water partition coefficient (Wildman–Crippen LogP) is 0.913. The Morgan fingerprint density at radius 2 is 1.95 bits per heavy atom. The van der Waals surface area contributed by atoms with Gasteiger partial charge in [-0.05, 0) is 33.3 Å². The summed E-state index contributed by atoms with van der Waals surface area (Å²) in [4.78, 5) is 34.5. The molecule has 0 aromatic carbocycles. The molecule has 106 valence electrons. The van der Waals surface area contributed by atoms with Gasteiger partial charge in [0.1, 0.15) is 11.6 Å². The third-order valence-electron chi connectivity index (χ3n) is 2.44. The van der Waals surface area contributed by atoms with E-state index in [0.29, 0.717) is 6.42 Å². The Bertz CT molecular complexity index is 409. The van der Waals surface area contributed by atoms with Crippen LogP contribution in [0.4, 0.5) is 4.79 Å². The highest BCUT2D eigenvalue weighted by Gasteiger charge is 2.32. The van der Waals surface area contributed by atoms with E-state index in [1.165, 1.54) is 13.0 Å². The Labute approximate surface area is 112 Å². The molecular weight excluding hydrogens is 248 g/mol. The molecule has 2 amide bonds. The summed E-state index contributed by atoms with van der Waals surface area (Å²) in [6.07, 6.45) is 2.90. The molecule has 0 saturated heterocycles.